The lowest BCUT2D eigenvalue weighted by molar-refractivity contribution is -0.129. The van der Waals surface area contributed by atoms with Gasteiger partial charge in [-0.3, -0.25) is 4.79 Å². The number of likely N-dealkylation sites (N-methyl/N-ethyl adjacent to an activating group) is 1. The van der Waals surface area contributed by atoms with Crippen LogP contribution in [-0.4, -0.2) is 48.1 Å². The maximum Gasteiger partial charge on any atom is 0.265 e. The summed E-state index contributed by atoms with van der Waals surface area (Å²) in [5.41, 5.74) is 0.846. The SMILES string of the molecule is Cc1ccc(S(=O)(=O)Nc2ncn(CC(=O)N(C)C)n2)c(Cl)c1. The summed E-state index contributed by atoms with van der Waals surface area (Å²) in [6, 6.07) is 4.60. The summed E-state index contributed by atoms with van der Waals surface area (Å²) in [4.78, 5) is 16.8. The van der Waals surface area contributed by atoms with Gasteiger partial charge in [0.15, 0.2) is 0 Å². The van der Waals surface area contributed by atoms with E-state index in [1.165, 1.54) is 22.0 Å². The smallest absolute Gasteiger partial charge is 0.265 e. The molecule has 1 amide bonds. The van der Waals surface area contributed by atoms with Gasteiger partial charge in [-0.2, -0.15) is 4.98 Å². The summed E-state index contributed by atoms with van der Waals surface area (Å²) >= 11 is 5.97. The molecule has 0 aliphatic carbocycles. The van der Waals surface area contributed by atoms with Gasteiger partial charge in [-0.05, 0) is 24.6 Å². The minimum atomic E-state index is -3.91. The molecule has 2 rings (SSSR count). The van der Waals surface area contributed by atoms with Crippen molar-refractivity contribution in [1.29, 1.82) is 0 Å². The Hall–Kier alpha value is -2.13. The van der Waals surface area contributed by atoms with Gasteiger partial charge in [0, 0.05) is 14.1 Å². The van der Waals surface area contributed by atoms with E-state index in [1.54, 1.807) is 33.2 Å². The Balaban J connectivity index is 2.18. The summed E-state index contributed by atoms with van der Waals surface area (Å²) in [7, 11) is -0.681. The largest absolute Gasteiger partial charge is 0.347 e. The van der Waals surface area contributed by atoms with Crippen LogP contribution in [0.2, 0.25) is 5.02 Å². The summed E-state index contributed by atoms with van der Waals surface area (Å²) in [5.74, 6) is -0.320. The van der Waals surface area contributed by atoms with Gasteiger partial charge in [0.25, 0.3) is 16.0 Å². The van der Waals surface area contributed by atoms with Crippen LogP contribution in [0.25, 0.3) is 0 Å². The van der Waals surface area contributed by atoms with Crippen molar-refractivity contribution in [1.82, 2.24) is 19.7 Å². The third-order valence-electron chi connectivity index (χ3n) is 2.94. The molecule has 0 radical (unpaired) electrons. The summed E-state index contributed by atoms with van der Waals surface area (Å²) < 4.78 is 28.1. The molecule has 0 unspecified atom stereocenters. The van der Waals surface area contributed by atoms with Crippen LogP contribution >= 0.6 is 11.6 Å². The molecule has 1 N–H and O–H groups in total. The molecule has 124 valence electrons. The zero-order chi connectivity index (χ0) is 17.2. The number of rotatable bonds is 5. The predicted molar refractivity (Wildman–Crippen MR) is 85.7 cm³/mol. The zero-order valence-electron chi connectivity index (χ0n) is 12.8. The van der Waals surface area contributed by atoms with E-state index < -0.39 is 10.0 Å². The normalized spacial score (nSPS) is 11.3. The van der Waals surface area contributed by atoms with E-state index in [9.17, 15) is 13.2 Å². The number of nitrogens with zero attached hydrogens (tertiary/aromatic N) is 4. The van der Waals surface area contributed by atoms with Crippen LogP contribution in [0, 0.1) is 6.92 Å². The van der Waals surface area contributed by atoms with Gasteiger partial charge >= 0.3 is 0 Å². The lowest BCUT2D eigenvalue weighted by Gasteiger charge is -2.09. The third kappa shape index (κ3) is 4.20. The van der Waals surface area contributed by atoms with Crippen LogP contribution in [0.5, 0.6) is 0 Å². The molecule has 2 aromatic rings. The van der Waals surface area contributed by atoms with E-state index in [0.29, 0.717) is 0 Å². The quantitative estimate of drug-likeness (QED) is 0.865. The minimum absolute atomic E-state index is 0.0347. The number of carbonyl (C=O) groups excluding carboxylic acids is 1. The number of hydrogen-bond acceptors (Lipinski definition) is 5. The highest BCUT2D eigenvalue weighted by Crippen LogP contribution is 2.23. The highest BCUT2D eigenvalue weighted by molar-refractivity contribution is 7.92. The molecule has 0 spiro atoms. The number of benzene rings is 1. The first-order valence-electron chi connectivity index (χ1n) is 6.57. The standard InChI is InChI=1S/C13H16ClN5O3S/c1-9-4-5-11(10(14)6-9)23(21,22)17-13-15-8-19(16-13)7-12(20)18(2)3/h4-6,8H,7H2,1-3H3,(H,16,17). The highest BCUT2D eigenvalue weighted by atomic mass is 35.5. The van der Waals surface area contributed by atoms with Gasteiger partial charge in [0.2, 0.25) is 5.91 Å². The second-order valence-corrected chi connectivity index (χ2v) is 7.15. The van der Waals surface area contributed by atoms with Crippen molar-refractivity contribution in [2.75, 3.05) is 18.8 Å². The van der Waals surface area contributed by atoms with Crippen molar-refractivity contribution >= 4 is 33.5 Å². The fourth-order valence-electron chi connectivity index (χ4n) is 1.70. The lowest BCUT2D eigenvalue weighted by Crippen LogP contribution is -2.26. The maximum absolute atomic E-state index is 12.3. The summed E-state index contributed by atoms with van der Waals surface area (Å²) in [6.45, 7) is 1.77. The van der Waals surface area contributed by atoms with Crippen LogP contribution in [0.15, 0.2) is 29.4 Å². The van der Waals surface area contributed by atoms with Gasteiger partial charge in [0.05, 0.1) is 5.02 Å². The zero-order valence-corrected chi connectivity index (χ0v) is 14.4. The second kappa shape index (κ2) is 6.55. The first-order valence-corrected chi connectivity index (χ1v) is 8.44. The Labute approximate surface area is 139 Å². The molecule has 0 fully saturated rings. The molecular formula is C13H16ClN5O3S. The van der Waals surface area contributed by atoms with Crippen LogP contribution in [0.1, 0.15) is 5.56 Å². The number of halogens is 1. The Kier molecular flexibility index (Phi) is 4.90. The predicted octanol–water partition coefficient (Wildman–Crippen LogP) is 1.13. The van der Waals surface area contributed by atoms with Crippen molar-refractivity contribution in [2.24, 2.45) is 0 Å². The maximum atomic E-state index is 12.3. The van der Waals surface area contributed by atoms with Crippen molar-refractivity contribution < 1.29 is 13.2 Å². The average Bonchev–Trinajstić information content (AvgIpc) is 2.84. The minimum Gasteiger partial charge on any atom is -0.347 e. The number of hydrogen-bond donors (Lipinski definition) is 1. The first-order chi connectivity index (χ1) is 10.7. The Morgan fingerprint density at radius 1 is 1.39 bits per heavy atom. The molecule has 0 aliphatic rings. The Bertz CT molecular complexity index is 832. The number of anilines is 1. The van der Waals surface area contributed by atoms with Crippen LogP contribution in [-0.2, 0) is 21.4 Å². The summed E-state index contributed by atoms with van der Waals surface area (Å²) in [5, 5.41) is 4.03. The number of amides is 1. The fraction of sp³-hybridized carbons (Fsp3) is 0.308. The van der Waals surface area contributed by atoms with Gasteiger partial charge in [-0.25, -0.2) is 17.8 Å². The van der Waals surface area contributed by atoms with Crippen molar-refractivity contribution in [3.63, 3.8) is 0 Å². The Morgan fingerprint density at radius 3 is 2.70 bits per heavy atom. The number of carbonyl (C=O) groups is 1. The van der Waals surface area contributed by atoms with Gasteiger partial charge < -0.3 is 4.90 Å². The third-order valence-corrected chi connectivity index (χ3v) is 4.75. The molecule has 1 aromatic carbocycles. The van der Waals surface area contributed by atoms with Crippen molar-refractivity contribution in [3.8, 4) is 0 Å². The molecule has 10 heteroatoms. The molecular weight excluding hydrogens is 342 g/mol. The van der Waals surface area contributed by atoms with E-state index in [0.717, 1.165) is 5.56 Å². The molecule has 1 heterocycles. The van der Waals surface area contributed by atoms with E-state index in [-0.39, 0.29) is 28.3 Å². The van der Waals surface area contributed by atoms with E-state index in [2.05, 4.69) is 14.8 Å². The number of aryl methyl sites for hydroxylation is 1. The Morgan fingerprint density at radius 2 is 2.09 bits per heavy atom. The lowest BCUT2D eigenvalue weighted by atomic mass is 10.2. The topological polar surface area (TPSA) is 97.2 Å². The fourth-order valence-corrected chi connectivity index (χ4v) is 3.24. The monoisotopic (exact) mass is 357 g/mol. The van der Waals surface area contributed by atoms with Crippen LogP contribution in [0.4, 0.5) is 5.95 Å². The average molecular weight is 358 g/mol. The van der Waals surface area contributed by atoms with E-state index in [1.807, 2.05) is 0 Å². The van der Waals surface area contributed by atoms with Crippen LogP contribution < -0.4 is 4.72 Å². The van der Waals surface area contributed by atoms with E-state index >= 15 is 0 Å². The van der Waals surface area contributed by atoms with Crippen molar-refractivity contribution in [3.05, 3.63) is 35.1 Å². The molecule has 8 nitrogen and oxygen atoms in total. The molecule has 23 heavy (non-hydrogen) atoms. The first kappa shape index (κ1) is 17.2. The van der Waals surface area contributed by atoms with Gasteiger partial charge in [-0.15, -0.1) is 5.10 Å². The number of sulfonamides is 1. The molecule has 0 saturated carbocycles. The van der Waals surface area contributed by atoms with Crippen LogP contribution in [0.3, 0.4) is 0 Å². The van der Waals surface area contributed by atoms with Crippen molar-refractivity contribution in [2.45, 2.75) is 18.4 Å². The number of aromatic nitrogens is 3. The number of nitrogens with one attached hydrogen (secondary N) is 1. The molecule has 0 aliphatic heterocycles. The molecule has 0 atom stereocenters. The highest BCUT2D eigenvalue weighted by Gasteiger charge is 2.20. The van der Waals surface area contributed by atoms with E-state index in [4.69, 9.17) is 11.6 Å². The second-order valence-electron chi connectivity index (χ2n) is 5.09. The molecule has 0 saturated heterocycles. The summed E-state index contributed by atoms with van der Waals surface area (Å²) in [6.07, 6.45) is 1.27. The van der Waals surface area contributed by atoms with Gasteiger partial charge in [-0.1, -0.05) is 17.7 Å². The van der Waals surface area contributed by atoms with Gasteiger partial charge in [0.1, 0.15) is 17.8 Å². The molecule has 1 aromatic heterocycles. The molecule has 0 bridgehead atoms.